The van der Waals surface area contributed by atoms with Crippen LogP contribution in [0, 0.1) is 18.7 Å². The maximum Gasteiger partial charge on any atom is 0.512 e. The molecule has 0 aliphatic carbocycles. The van der Waals surface area contributed by atoms with Gasteiger partial charge in [0.15, 0.2) is 5.58 Å². The first-order valence-corrected chi connectivity index (χ1v) is 14.0. The summed E-state index contributed by atoms with van der Waals surface area (Å²) in [7, 11) is 0. The molecule has 0 amide bonds. The van der Waals surface area contributed by atoms with Crippen LogP contribution in [0.25, 0.3) is 11.0 Å². The normalized spacial score (nSPS) is 21.2. The van der Waals surface area contributed by atoms with Gasteiger partial charge in [-0.15, -0.1) is 0 Å². The molecule has 10 heteroatoms. The summed E-state index contributed by atoms with van der Waals surface area (Å²) < 4.78 is 32.3. The molecule has 0 spiro atoms. The lowest BCUT2D eigenvalue weighted by molar-refractivity contribution is -0.948. The predicted octanol–water partition coefficient (Wildman–Crippen LogP) is 4.87. The maximum atomic E-state index is 13.6. The van der Waals surface area contributed by atoms with E-state index in [1.54, 1.807) is 6.07 Å². The molecule has 39 heavy (non-hydrogen) atoms. The van der Waals surface area contributed by atoms with Crippen LogP contribution >= 0.6 is 0 Å². The van der Waals surface area contributed by atoms with Crippen molar-refractivity contribution in [2.24, 2.45) is 5.92 Å². The van der Waals surface area contributed by atoms with Crippen molar-refractivity contribution in [2.75, 3.05) is 33.0 Å². The average Bonchev–Trinajstić information content (AvgIpc) is 3.34. The van der Waals surface area contributed by atoms with Crippen LogP contribution in [0.5, 0.6) is 0 Å². The molecular formula is C29H38FN4O5+. The lowest BCUT2D eigenvalue weighted by Crippen LogP contribution is -2.55. The average molecular weight is 542 g/mol. The van der Waals surface area contributed by atoms with Gasteiger partial charge in [0.25, 0.3) is 5.56 Å². The van der Waals surface area contributed by atoms with Gasteiger partial charge in [0.1, 0.15) is 11.6 Å². The number of hydrogen-bond acceptors (Lipinski definition) is 7. The maximum absolute atomic E-state index is 13.6. The number of piperidine rings is 1. The van der Waals surface area contributed by atoms with E-state index in [0.29, 0.717) is 29.6 Å². The molecule has 0 radical (unpaired) electrons. The summed E-state index contributed by atoms with van der Waals surface area (Å²) in [5, 5.41) is 5.11. The van der Waals surface area contributed by atoms with Gasteiger partial charge in [0.05, 0.1) is 31.9 Å². The molecule has 1 saturated heterocycles. The van der Waals surface area contributed by atoms with Gasteiger partial charge < -0.3 is 14.0 Å². The van der Waals surface area contributed by atoms with Gasteiger partial charge in [-0.25, -0.2) is 14.2 Å². The third-order valence-corrected chi connectivity index (χ3v) is 8.16. The van der Waals surface area contributed by atoms with Crippen LogP contribution in [0.2, 0.25) is 0 Å². The summed E-state index contributed by atoms with van der Waals surface area (Å²) in [5.41, 5.74) is 2.88. The number of fused-ring (bicyclic) bond motifs is 2. The van der Waals surface area contributed by atoms with Crippen molar-refractivity contribution >= 4 is 17.1 Å². The van der Waals surface area contributed by atoms with E-state index in [4.69, 9.17) is 19.0 Å². The highest BCUT2D eigenvalue weighted by atomic mass is 19.1. The second-order valence-corrected chi connectivity index (χ2v) is 11.5. The monoisotopic (exact) mass is 541 g/mol. The van der Waals surface area contributed by atoms with Crippen molar-refractivity contribution < 1.29 is 27.7 Å². The molecule has 2 aliphatic rings. The van der Waals surface area contributed by atoms with Crippen molar-refractivity contribution in [2.45, 2.75) is 71.8 Å². The highest BCUT2D eigenvalue weighted by molar-refractivity contribution is 5.79. The Hall–Kier alpha value is -3.27. The summed E-state index contributed by atoms with van der Waals surface area (Å²) in [4.78, 5) is 30.4. The Bertz CT molecular complexity index is 1390. The van der Waals surface area contributed by atoms with Crippen LogP contribution in [-0.4, -0.2) is 58.3 Å². The second-order valence-electron chi connectivity index (χ2n) is 11.5. The van der Waals surface area contributed by atoms with E-state index in [0.717, 1.165) is 79.9 Å². The number of carbonyl (C=O) groups excluding carboxylic acids is 1. The number of carbonyl (C=O) groups is 1. The van der Waals surface area contributed by atoms with Crippen LogP contribution in [0.1, 0.15) is 68.2 Å². The third-order valence-electron chi connectivity index (χ3n) is 8.16. The Kier molecular flexibility index (Phi) is 8.02. The van der Waals surface area contributed by atoms with Crippen LogP contribution in [0.3, 0.4) is 0 Å². The number of hydrogen-bond donors (Lipinski definition) is 0. The topological polar surface area (TPSA) is 96.5 Å². The van der Waals surface area contributed by atoms with E-state index < -0.39 is 6.16 Å². The molecule has 0 unspecified atom stereocenters. The first kappa shape index (κ1) is 27.3. The Morgan fingerprint density at radius 2 is 2.03 bits per heavy atom. The van der Waals surface area contributed by atoms with Crippen molar-refractivity contribution in [1.29, 1.82) is 0 Å². The van der Waals surface area contributed by atoms with E-state index in [-0.39, 0.29) is 29.9 Å². The Morgan fingerprint density at radius 1 is 1.23 bits per heavy atom. The SMILES string of the molecule is Cc1nc2n(c(=O)c1CC[N+]1(COC(=O)OCC(C)C)CCC(c3noc4cc(F)ccc34)CC1)CCCC2. The largest absolute Gasteiger partial charge is 0.512 e. The highest BCUT2D eigenvalue weighted by Crippen LogP contribution is 2.35. The van der Waals surface area contributed by atoms with E-state index in [1.807, 2.05) is 25.3 Å². The molecule has 4 heterocycles. The molecule has 0 N–H and O–H groups in total. The summed E-state index contributed by atoms with van der Waals surface area (Å²) in [5.74, 6) is 0.894. The van der Waals surface area contributed by atoms with Crippen LogP contribution < -0.4 is 5.56 Å². The number of likely N-dealkylation sites (tertiary alicyclic amines) is 1. The second kappa shape index (κ2) is 11.5. The van der Waals surface area contributed by atoms with E-state index in [9.17, 15) is 14.0 Å². The number of aryl methyl sites for hydroxylation is 2. The number of quaternary nitrogens is 1. The zero-order valence-electron chi connectivity index (χ0n) is 23.1. The minimum absolute atomic E-state index is 0.0591. The van der Waals surface area contributed by atoms with Gasteiger partial charge in [0.2, 0.25) is 6.73 Å². The number of halogens is 1. The molecule has 210 valence electrons. The standard InChI is InChI=1S/C29H38FN4O5/c1-19(2)17-37-29(36)38-18-34(15-11-23-20(3)31-26-6-4-5-12-33(26)28(23)35)13-9-21(10-14-34)27-24-8-7-22(30)16-25(24)39-32-27/h7-8,16,19,21H,4-6,9-15,17-18H2,1-3H3/q+1. The van der Waals surface area contributed by atoms with Crippen LogP contribution in [-0.2, 0) is 28.9 Å². The molecule has 0 atom stereocenters. The number of benzene rings is 1. The van der Waals surface area contributed by atoms with E-state index in [2.05, 4.69) is 5.16 Å². The van der Waals surface area contributed by atoms with Crippen LogP contribution in [0.4, 0.5) is 9.18 Å². The number of aromatic nitrogens is 3. The van der Waals surface area contributed by atoms with Crippen molar-refractivity contribution in [1.82, 2.24) is 14.7 Å². The van der Waals surface area contributed by atoms with Gasteiger partial charge in [-0.1, -0.05) is 19.0 Å². The van der Waals surface area contributed by atoms with Gasteiger partial charge >= 0.3 is 6.16 Å². The quantitative estimate of drug-likeness (QED) is 0.296. The summed E-state index contributed by atoms with van der Waals surface area (Å²) >= 11 is 0. The summed E-state index contributed by atoms with van der Waals surface area (Å²) in [6, 6.07) is 4.51. The molecule has 1 aromatic carbocycles. The van der Waals surface area contributed by atoms with Crippen LogP contribution in [0.15, 0.2) is 27.5 Å². The third kappa shape index (κ3) is 6.00. The first-order chi connectivity index (χ1) is 18.7. The molecule has 9 nitrogen and oxygen atoms in total. The van der Waals surface area contributed by atoms with E-state index >= 15 is 0 Å². The highest BCUT2D eigenvalue weighted by Gasteiger charge is 2.38. The minimum Gasteiger partial charge on any atom is -0.434 e. The molecular weight excluding hydrogens is 503 g/mol. The first-order valence-electron chi connectivity index (χ1n) is 14.0. The van der Waals surface area contributed by atoms with Crippen molar-refractivity contribution in [3.63, 3.8) is 0 Å². The number of ether oxygens (including phenoxy) is 2. The lowest BCUT2D eigenvalue weighted by atomic mass is 9.90. The molecule has 2 aromatic heterocycles. The Morgan fingerprint density at radius 3 is 2.79 bits per heavy atom. The minimum atomic E-state index is -0.667. The van der Waals surface area contributed by atoms with Gasteiger partial charge in [-0.05, 0) is 37.8 Å². The van der Waals surface area contributed by atoms with Crippen molar-refractivity contribution in [3.05, 3.63) is 57.1 Å². The van der Waals surface area contributed by atoms with Crippen molar-refractivity contribution in [3.8, 4) is 0 Å². The summed E-state index contributed by atoms with van der Waals surface area (Å²) in [6.45, 7) is 9.17. The Labute approximate surface area is 227 Å². The lowest BCUT2D eigenvalue weighted by Gasteiger charge is -2.42. The van der Waals surface area contributed by atoms with Gasteiger partial charge in [-0.2, -0.15) is 0 Å². The molecule has 5 rings (SSSR count). The smallest absolute Gasteiger partial charge is 0.434 e. The fraction of sp³-hybridized carbons (Fsp3) is 0.586. The Balaban J connectivity index is 1.33. The number of rotatable bonds is 8. The van der Waals surface area contributed by atoms with Gasteiger partial charge in [0, 0.05) is 60.9 Å². The molecule has 2 aliphatic heterocycles. The zero-order chi connectivity index (χ0) is 27.6. The molecule has 3 aromatic rings. The fourth-order valence-corrected chi connectivity index (χ4v) is 5.87. The molecule has 1 fully saturated rings. The van der Waals surface area contributed by atoms with Gasteiger partial charge in [-0.3, -0.25) is 13.8 Å². The number of nitrogens with zero attached hydrogens (tertiary/aromatic N) is 4. The predicted molar refractivity (Wildman–Crippen MR) is 143 cm³/mol. The molecule has 0 saturated carbocycles. The molecule has 0 bridgehead atoms. The van der Waals surface area contributed by atoms with E-state index in [1.165, 1.54) is 12.1 Å². The summed E-state index contributed by atoms with van der Waals surface area (Å²) in [6.07, 6.45) is 4.38. The zero-order valence-corrected chi connectivity index (χ0v) is 23.1. The fourth-order valence-electron chi connectivity index (χ4n) is 5.87.